The first-order valence-electron chi connectivity index (χ1n) is 7.80. The van der Waals surface area contributed by atoms with Crippen LogP contribution in [0.5, 0.6) is 0 Å². The Hall–Kier alpha value is -2.52. The molecule has 1 heterocycles. The minimum Gasteiger partial charge on any atom is -0.481 e. The van der Waals surface area contributed by atoms with Crippen LogP contribution in [0.2, 0.25) is 5.02 Å². The zero-order chi connectivity index (χ0) is 17.1. The number of aryl methyl sites for hydroxylation is 2. The van der Waals surface area contributed by atoms with E-state index in [9.17, 15) is 4.79 Å². The summed E-state index contributed by atoms with van der Waals surface area (Å²) in [5.41, 5.74) is 5.28. The van der Waals surface area contributed by atoms with E-state index >= 15 is 0 Å². The molecule has 0 aliphatic carbocycles. The highest BCUT2D eigenvalue weighted by Crippen LogP contribution is 2.28. The summed E-state index contributed by atoms with van der Waals surface area (Å²) >= 11 is 6.00. The van der Waals surface area contributed by atoms with Gasteiger partial charge in [0.15, 0.2) is 0 Å². The van der Waals surface area contributed by atoms with E-state index in [-0.39, 0.29) is 6.42 Å². The minimum atomic E-state index is -0.796. The molecule has 0 radical (unpaired) electrons. The summed E-state index contributed by atoms with van der Waals surface area (Å²) in [5.74, 6) is -0.796. The maximum atomic E-state index is 11.0. The minimum absolute atomic E-state index is 0.102. The van der Waals surface area contributed by atoms with E-state index in [1.54, 1.807) is 0 Å². The zero-order valence-corrected chi connectivity index (χ0v) is 14.1. The largest absolute Gasteiger partial charge is 0.481 e. The second-order valence-electron chi connectivity index (χ2n) is 5.78. The first-order valence-corrected chi connectivity index (χ1v) is 8.18. The van der Waals surface area contributed by atoms with E-state index in [1.807, 2.05) is 36.4 Å². The van der Waals surface area contributed by atoms with Gasteiger partial charge in [-0.2, -0.15) is 0 Å². The molecule has 0 saturated heterocycles. The fourth-order valence-electron chi connectivity index (χ4n) is 2.75. The van der Waals surface area contributed by atoms with Crippen molar-refractivity contribution in [1.29, 1.82) is 0 Å². The maximum Gasteiger partial charge on any atom is 0.303 e. The van der Waals surface area contributed by atoms with E-state index in [2.05, 4.69) is 35.8 Å². The molecule has 0 aliphatic rings. The molecule has 0 spiro atoms. The van der Waals surface area contributed by atoms with Crippen molar-refractivity contribution in [2.45, 2.75) is 19.8 Å². The summed E-state index contributed by atoms with van der Waals surface area (Å²) in [6, 6.07) is 19.9. The van der Waals surface area contributed by atoms with Gasteiger partial charge in [0.2, 0.25) is 0 Å². The van der Waals surface area contributed by atoms with E-state index in [0.717, 1.165) is 22.6 Å². The summed E-state index contributed by atoms with van der Waals surface area (Å²) in [6.45, 7) is 2.06. The Morgan fingerprint density at radius 2 is 1.67 bits per heavy atom. The lowest BCUT2D eigenvalue weighted by Crippen LogP contribution is -2.05. The number of aromatic nitrogens is 1. The Labute approximate surface area is 146 Å². The number of benzene rings is 2. The van der Waals surface area contributed by atoms with Crippen LogP contribution in [0.1, 0.15) is 17.7 Å². The van der Waals surface area contributed by atoms with Crippen LogP contribution in [-0.2, 0) is 11.2 Å². The molecule has 2 aromatic carbocycles. The maximum absolute atomic E-state index is 11.0. The Bertz CT molecular complexity index is 848. The molecule has 0 fully saturated rings. The number of carboxylic acids is 1. The summed E-state index contributed by atoms with van der Waals surface area (Å²) < 4.78 is 2.10. The highest BCUT2D eigenvalue weighted by atomic mass is 35.5. The molecule has 3 aromatic rings. The van der Waals surface area contributed by atoms with Crippen LogP contribution in [0, 0.1) is 6.92 Å². The van der Waals surface area contributed by atoms with Gasteiger partial charge in [-0.3, -0.25) is 4.79 Å². The van der Waals surface area contributed by atoms with E-state index in [1.165, 1.54) is 5.56 Å². The van der Waals surface area contributed by atoms with E-state index in [0.29, 0.717) is 11.4 Å². The number of nitrogens with zero attached hydrogens (tertiary/aromatic N) is 1. The number of rotatable bonds is 5. The molecule has 122 valence electrons. The van der Waals surface area contributed by atoms with Crippen molar-refractivity contribution in [3.05, 3.63) is 76.9 Å². The number of hydrogen-bond acceptors (Lipinski definition) is 1. The van der Waals surface area contributed by atoms with Crippen molar-refractivity contribution in [3.8, 4) is 16.9 Å². The van der Waals surface area contributed by atoms with Crippen molar-refractivity contribution in [2.24, 2.45) is 0 Å². The van der Waals surface area contributed by atoms with Gasteiger partial charge in [-0.05, 0) is 55.3 Å². The Kier molecular flexibility index (Phi) is 4.72. The normalized spacial score (nSPS) is 10.8. The molecular weight excluding hydrogens is 322 g/mol. The Morgan fingerprint density at radius 3 is 2.29 bits per heavy atom. The van der Waals surface area contributed by atoms with E-state index < -0.39 is 5.97 Å². The van der Waals surface area contributed by atoms with Crippen molar-refractivity contribution in [3.63, 3.8) is 0 Å². The quantitative estimate of drug-likeness (QED) is 0.700. The summed E-state index contributed by atoms with van der Waals surface area (Å²) in [6.07, 6.45) is 0.578. The van der Waals surface area contributed by atoms with Gasteiger partial charge in [-0.15, -0.1) is 0 Å². The fourth-order valence-corrected chi connectivity index (χ4v) is 2.88. The molecule has 3 nitrogen and oxygen atoms in total. The van der Waals surface area contributed by atoms with Crippen molar-refractivity contribution < 1.29 is 9.90 Å². The van der Waals surface area contributed by atoms with Crippen molar-refractivity contribution >= 4 is 17.6 Å². The topological polar surface area (TPSA) is 42.2 Å². The molecule has 1 aromatic heterocycles. The molecule has 0 aliphatic heterocycles. The average molecular weight is 340 g/mol. The smallest absolute Gasteiger partial charge is 0.303 e. The van der Waals surface area contributed by atoms with Crippen LogP contribution in [0.25, 0.3) is 16.9 Å². The lowest BCUT2D eigenvalue weighted by Gasteiger charge is -2.14. The van der Waals surface area contributed by atoms with Crippen LogP contribution in [0.3, 0.4) is 0 Å². The average Bonchev–Trinajstić information content (AvgIpc) is 2.98. The molecule has 0 bridgehead atoms. The molecule has 3 rings (SSSR count). The Morgan fingerprint density at radius 1 is 1.00 bits per heavy atom. The third kappa shape index (κ3) is 3.52. The second kappa shape index (κ2) is 6.93. The first-order chi connectivity index (χ1) is 11.5. The first kappa shape index (κ1) is 16.3. The number of carbonyl (C=O) groups is 1. The number of hydrogen-bond donors (Lipinski definition) is 1. The monoisotopic (exact) mass is 339 g/mol. The van der Waals surface area contributed by atoms with Crippen molar-refractivity contribution in [1.82, 2.24) is 4.57 Å². The van der Waals surface area contributed by atoms with Gasteiger partial charge in [0.1, 0.15) is 0 Å². The molecule has 0 saturated carbocycles. The molecular formula is C20H18ClNO2. The fraction of sp³-hybridized carbons (Fsp3) is 0.150. The van der Waals surface area contributed by atoms with Gasteiger partial charge >= 0.3 is 5.97 Å². The second-order valence-corrected chi connectivity index (χ2v) is 6.22. The van der Waals surface area contributed by atoms with Crippen LogP contribution >= 0.6 is 11.6 Å². The third-order valence-electron chi connectivity index (χ3n) is 3.99. The van der Waals surface area contributed by atoms with Gasteiger partial charge in [-0.1, -0.05) is 41.4 Å². The van der Waals surface area contributed by atoms with Gasteiger partial charge in [0.25, 0.3) is 0 Å². The van der Waals surface area contributed by atoms with Gasteiger partial charge in [-0.25, -0.2) is 0 Å². The predicted octanol–water partition coefficient (Wildman–Crippen LogP) is 5.12. The van der Waals surface area contributed by atoms with Crippen LogP contribution in [-0.4, -0.2) is 15.6 Å². The lowest BCUT2D eigenvalue weighted by atomic mass is 10.1. The molecule has 1 N–H and O–H groups in total. The van der Waals surface area contributed by atoms with Gasteiger partial charge in [0.05, 0.1) is 12.1 Å². The molecule has 0 unspecified atom stereocenters. The van der Waals surface area contributed by atoms with Crippen molar-refractivity contribution in [2.75, 3.05) is 0 Å². The van der Waals surface area contributed by atoms with E-state index in [4.69, 9.17) is 16.7 Å². The SMILES string of the molecule is Cc1ccc(-c2ccc(CCC(=O)O)n2-c2ccc(Cl)cc2)cc1. The highest BCUT2D eigenvalue weighted by Gasteiger charge is 2.13. The van der Waals surface area contributed by atoms with Crippen LogP contribution in [0.4, 0.5) is 0 Å². The standard InChI is InChI=1S/C20H18ClNO2/c1-14-2-4-15(5-3-14)19-12-10-18(11-13-20(23)24)22(19)17-8-6-16(21)7-9-17/h2-10,12H,11,13H2,1H3,(H,23,24). The van der Waals surface area contributed by atoms with Gasteiger partial charge < -0.3 is 9.67 Å². The van der Waals surface area contributed by atoms with Crippen LogP contribution < -0.4 is 0 Å². The summed E-state index contributed by atoms with van der Waals surface area (Å²) in [5, 5.41) is 9.68. The number of carboxylic acid groups (broad SMARTS) is 1. The zero-order valence-electron chi connectivity index (χ0n) is 13.4. The van der Waals surface area contributed by atoms with Gasteiger partial charge in [0, 0.05) is 16.4 Å². The molecule has 4 heteroatoms. The predicted molar refractivity (Wildman–Crippen MR) is 96.9 cm³/mol. The molecule has 24 heavy (non-hydrogen) atoms. The number of aliphatic carboxylic acids is 1. The molecule has 0 atom stereocenters. The van der Waals surface area contributed by atoms with Crippen LogP contribution in [0.15, 0.2) is 60.7 Å². The Balaban J connectivity index is 2.09. The summed E-state index contributed by atoms with van der Waals surface area (Å²) in [4.78, 5) is 11.0. The summed E-state index contributed by atoms with van der Waals surface area (Å²) in [7, 11) is 0. The lowest BCUT2D eigenvalue weighted by molar-refractivity contribution is -0.136. The third-order valence-corrected chi connectivity index (χ3v) is 4.24. The molecule has 0 amide bonds. The highest BCUT2D eigenvalue weighted by molar-refractivity contribution is 6.30. The number of halogens is 1.